The van der Waals surface area contributed by atoms with Crippen molar-refractivity contribution in [2.75, 3.05) is 11.9 Å². The fraction of sp³-hybridized carbons (Fsp3) is 0.235. The van der Waals surface area contributed by atoms with Gasteiger partial charge in [-0.3, -0.25) is 4.79 Å². The van der Waals surface area contributed by atoms with Gasteiger partial charge in [-0.1, -0.05) is 36.4 Å². The molecule has 2 rings (SSSR count). The third-order valence-electron chi connectivity index (χ3n) is 3.15. The number of benzene rings is 2. The molecule has 1 atom stereocenters. The highest BCUT2D eigenvalue weighted by atomic mass is 16.5. The van der Waals surface area contributed by atoms with Gasteiger partial charge in [-0.25, -0.2) is 0 Å². The lowest BCUT2D eigenvalue weighted by atomic mass is 10.1. The minimum absolute atomic E-state index is 0.0991. The molecule has 1 amide bonds. The van der Waals surface area contributed by atoms with E-state index in [4.69, 9.17) is 4.74 Å². The minimum Gasteiger partial charge on any atom is -0.483 e. The summed E-state index contributed by atoms with van der Waals surface area (Å²) < 4.78 is 5.50. The first-order chi connectivity index (χ1) is 10.1. The molecular weight excluding hydrogens is 266 g/mol. The maximum absolute atomic E-state index is 11.9. The molecule has 0 heterocycles. The Morgan fingerprint density at radius 2 is 1.86 bits per heavy atom. The smallest absolute Gasteiger partial charge is 0.262 e. The first-order valence-corrected chi connectivity index (χ1v) is 6.83. The van der Waals surface area contributed by atoms with Gasteiger partial charge in [0.25, 0.3) is 5.91 Å². The Balaban J connectivity index is 1.97. The standard InChI is InChI=1S/C17H19NO3/c1-12-7-3-5-9-15(12)18-17(20)11-21-16-10-6-4-8-14(16)13(2)19/h3-10,13,19H,11H2,1-2H3,(H,18,20)/t13-/m1/s1. The van der Waals surface area contributed by atoms with Gasteiger partial charge in [0.1, 0.15) is 5.75 Å². The zero-order chi connectivity index (χ0) is 15.2. The van der Waals surface area contributed by atoms with Gasteiger partial charge < -0.3 is 15.2 Å². The van der Waals surface area contributed by atoms with Crippen molar-refractivity contribution in [2.24, 2.45) is 0 Å². The normalized spacial score (nSPS) is 11.8. The predicted octanol–water partition coefficient (Wildman–Crippen LogP) is 3.07. The molecule has 0 spiro atoms. The lowest BCUT2D eigenvalue weighted by Crippen LogP contribution is -2.21. The molecule has 0 unspecified atom stereocenters. The van der Waals surface area contributed by atoms with Crippen molar-refractivity contribution in [3.63, 3.8) is 0 Å². The Labute approximate surface area is 124 Å². The van der Waals surface area contributed by atoms with Crippen molar-refractivity contribution in [3.05, 3.63) is 59.7 Å². The zero-order valence-electron chi connectivity index (χ0n) is 12.2. The van der Waals surface area contributed by atoms with Crippen LogP contribution in [0.2, 0.25) is 0 Å². The van der Waals surface area contributed by atoms with Crippen LogP contribution in [-0.4, -0.2) is 17.6 Å². The summed E-state index contributed by atoms with van der Waals surface area (Å²) >= 11 is 0. The highest BCUT2D eigenvalue weighted by Crippen LogP contribution is 2.24. The first-order valence-electron chi connectivity index (χ1n) is 6.83. The van der Waals surface area contributed by atoms with E-state index in [0.29, 0.717) is 11.3 Å². The number of nitrogens with one attached hydrogen (secondary N) is 1. The van der Waals surface area contributed by atoms with Gasteiger partial charge in [0.05, 0.1) is 6.10 Å². The van der Waals surface area contributed by atoms with Crippen molar-refractivity contribution in [2.45, 2.75) is 20.0 Å². The summed E-state index contributed by atoms with van der Waals surface area (Å²) in [6.45, 7) is 3.49. The molecule has 0 aliphatic carbocycles. The van der Waals surface area contributed by atoms with Crippen molar-refractivity contribution < 1.29 is 14.6 Å². The average Bonchev–Trinajstić information content (AvgIpc) is 2.48. The summed E-state index contributed by atoms with van der Waals surface area (Å²) in [7, 11) is 0. The molecule has 0 aliphatic heterocycles. The van der Waals surface area contributed by atoms with E-state index >= 15 is 0 Å². The SMILES string of the molecule is Cc1ccccc1NC(=O)COc1ccccc1[C@@H](C)O. The average molecular weight is 285 g/mol. The summed E-state index contributed by atoms with van der Waals surface area (Å²) in [5.41, 5.74) is 2.44. The predicted molar refractivity (Wildman–Crippen MR) is 82.4 cm³/mol. The van der Waals surface area contributed by atoms with Gasteiger partial charge in [0.2, 0.25) is 0 Å². The number of carbonyl (C=O) groups is 1. The molecule has 0 aliphatic rings. The van der Waals surface area contributed by atoms with E-state index in [2.05, 4.69) is 5.32 Å². The van der Waals surface area contributed by atoms with Crippen LogP contribution in [-0.2, 0) is 4.79 Å². The van der Waals surface area contributed by atoms with E-state index < -0.39 is 6.10 Å². The first kappa shape index (κ1) is 15.1. The van der Waals surface area contributed by atoms with Gasteiger partial charge >= 0.3 is 0 Å². The summed E-state index contributed by atoms with van der Waals surface area (Å²) in [4.78, 5) is 11.9. The number of carbonyl (C=O) groups excluding carboxylic acids is 1. The number of rotatable bonds is 5. The monoisotopic (exact) mass is 285 g/mol. The van der Waals surface area contributed by atoms with Gasteiger partial charge in [0.15, 0.2) is 6.61 Å². The number of amides is 1. The molecule has 110 valence electrons. The van der Waals surface area contributed by atoms with Crippen LogP contribution >= 0.6 is 0 Å². The van der Waals surface area contributed by atoms with Crippen LogP contribution < -0.4 is 10.1 Å². The number of hydrogen-bond acceptors (Lipinski definition) is 3. The number of anilines is 1. The molecule has 0 fully saturated rings. The van der Waals surface area contributed by atoms with Crippen molar-refractivity contribution >= 4 is 11.6 Å². The van der Waals surface area contributed by atoms with E-state index in [1.165, 1.54) is 0 Å². The molecule has 2 aromatic rings. The summed E-state index contributed by atoms with van der Waals surface area (Å²) in [6.07, 6.45) is -0.638. The third kappa shape index (κ3) is 4.07. The maximum Gasteiger partial charge on any atom is 0.262 e. The fourth-order valence-corrected chi connectivity index (χ4v) is 2.00. The van der Waals surface area contributed by atoms with Crippen molar-refractivity contribution in [1.29, 1.82) is 0 Å². The number of ether oxygens (including phenoxy) is 1. The molecule has 0 saturated carbocycles. The lowest BCUT2D eigenvalue weighted by Gasteiger charge is -2.13. The summed E-state index contributed by atoms with van der Waals surface area (Å²) in [5, 5.41) is 12.5. The minimum atomic E-state index is -0.638. The molecule has 4 heteroatoms. The van der Waals surface area contributed by atoms with Crippen LogP contribution in [0.25, 0.3) is 0 Å². The number of aryl methyl sites for hydroxylation is 1. The van der Waals surface area contributed by atoms with E-state index in [1.54, 1.807) is 25.1 Å². The highest BCUT2D eigenvalue weighted by Gasteiger charge is 2.10. The summed E-state index contributed by atoms with van der Waals surface area (Å²) in [6, 6.07) is 14.7. The topological polar surface area (TPSA) is 58.6 Å². The van der Waals surface area contributed by atoms with Crippen LogP contribution in [0, 0.1) is 6.92 Å². The van der Waals surface area contributed by atoms with E-state index in [-0.39, 0.29) is 12.5 Å². The zero-order valence-corrected chi connectivity index (χ0v) is 12.2. The second kappa shape index (κ2) is 6.90. The number of hydrogen-bond donors (Lipinski definition) is 2. The van der Waals surface area contributed by atoms with Crippen LogP contribution in [0.1, 0.15) is 24.2 Å². The van der Waals surface area contributed by atoms with Crippen LogP contribution in [0.15, 0.2) is 48.5 Å². The maximum atomic E-state index is 11.9. The Kier molecular flexibility index (Phi) is 4.95. The molecule has 2 aromatic carbocycles. The Morgan fingerprint density at radius 3 is 2.57 bits per heavy atom. The number of aliphatic hydroxyl groups excluding tert-OH is 1. The molecule has 4 nitrogen and oxygen atoms in total. The molecule has 0 saturated heterocycles. The second-order valence-electron chi connectivity index (χ2n) is 4.87. The number of para-hydroxylation sites is 2. The second-order valence-corrected chi connectivity index (χ2v) is 4.87. The Bertz CT molecular complexity index is 623. The third-order valence-corrected chi connectivity index (χ3v) is 3.15. The molecule has 0 bridgehead atoms. The quantitative estimate of drug-likeness (QED) is 0.887. The molecule has 2 N–H and O–H groups in total. The van der Waals surface area contributed by atoms with E-state index in [1.807, 2.05) is 37.3 Å². The van der Waals surface area contributed by atoms with Crippen LogP contribution in [0.3, 0.4) is 0 Å². The molecule has 21 heavy (non-hydrogen) atoms. The Morgan fingerprint density at radius 1 is 1.19 bits per heavy atom. The van der Waals surface area contributed by atoms with Gasteiger partial charge in [-0.2, -0.15) is 0 Å². The number of aliphatic hydroxyl groups is 1. The van der Waals surface area contributed by atoms with Gasteiger partial charge in [0, 0.05) is 11.3 Å². The van der Waals surface area contributed by atoms with Crippen molar-refractivity contribution in [1.82, 2.24) is 0 Å². The molecule has 0 radical (unpaired) electrons. The molecular formula is C17H19NO3. The highest BCUT2D eigenvalue weighted by molar-refractivity contribution is 5.92. The summed E-state index contributed by atoms with van der Waals surface area (Å²) in [5.74, 6) is 0.289. The van der Waals surface area contributed by atoms with Crippen LogP contribution in [0.4, 0.5) is 5.69 Å². The lowest BCUT2D eigenvalue weighted by molar-refractivity contribution is -0.118. The Hall–Kier alpha value is -2.33. The fourth-order valence-electron chi connectivity index (χ4n) is 2.00. The van der Waals surface area contributed by atoms with E-state index in [0.717, 1.165) is 11.3 Å². The molecule has 0 aromatic heterocycles. The van der Waals surface area contributed by atoms with Gasteiger partial charge in [-0.15, -0.1) is 0 Å². The van der Waals surface area contributed by atoms with Crippen LogP contribution in [0.5, 0.6) is 5.75 Å². The van der Waals surface area contributed by atoms with E-state index in [9.17, 15) is 9.90 Å². The van der Waals surface area contributed by atoms with Gasteiger partial charge in [-0.05, 0) is 31.5 Å². The van der Waals surface area contributed by atoms with Crippen molar-refractivity contribution in [3.8, 4) is 5.75 Å². The largest absolute Gasteiger partial charge is 0.483 e.